The molecule has 0 radical (unpaired) electrons. The normalized spacial score (nSPS) is 10.1. The number of anilines is 1. The van der Waals surface area contributed by atoms with Gasteiger partial charge in [0.25, 0.3) is 5.69 Å². The Hall–Kier alpha value is -2.96. The van der Waals surface area contributed by atoms with Gasteiger partial charge in [0, 0.05) is 31.6 Å². The summed E-state index contributed by atoms with van der Waals surface area (Å²) in [4.78, 5) is 22.0. The van der Waals surface area contributed by atoms with Gasteiger partial charge in [0.15, 0.2) is 0 Å². The minimum Gasteiger partial charge on any atom is -0.379 e. The monoisotopic (exact) mass is 317 g/mol. The highest BCUT2D eigenvalue weighted by atomic mass is 19.1. The van der Waals surface area contributed by atoms with Crippen molar-refractivity contribution < 1.29 is 14.1 Å². The Morgan fingerprint density at radius 2 is 1.91 bits per heavy atom. The number of amides is 1. The summed E-state index contributed by atoms with van der Waals surface area (Å²) >= 11 is 0. The van der Waals surface area contributed by atoms with E-state index in [1.54, 1.807) is 0 Å². The zero-order chi connectivity index (χ0) is 16.7. The number of hydrogen-bond donors (Lipinski definition) is 2. The number of carbonyl (C=O) groups excluding carboxylic acids is 1. The number of nitrogens with zero attached hydrogens (tertiary/aromatic N) is 1. The fraction of sp³-hybridized carbons (Fsp3) is 0.188. The molecule has 2 aromatic carbocycles. The summed E-state index contributed by atoms with van der Waals surface area (Å²) in [5.41, 5.74) is 0.816. The summed E-state index contributed by atoms with van der Waals surface area (Å²) in [6.45, 7) is 0.588. The molecule has 6 nitrogen and oxygen atoms in total. The second-order valence-corrected chi connectivity index (χ2v) is 4.86. The van der Waals surface area contributed by atoms with Crippen LogP contribution in [0.15, 0.2) is 48.5 Å². The Morgan fingerprint density at radius 3 is 2.61 bits per heavy atom. The summed E-state index contributed by atoms with van der Waals surface area (Å²) in [5, 5.41) is 16.3. The van der Waals surface area contributed by atoms with E-state index >= 15 is 0 Å². The van der Waals surface area contributed by atoms with Gasteiger partial charge in [0.1, 0.15) is 11.5 Å². The van der Waals surface area contributed by atoms with E-state index in [2.05, 4.69) is 10.6 Å². The lowest BCUT2D eigenvalue weighted by molar-refractivity contribution is -0.384. The van der Waals surface area contributed by atoms with Crippen LogP contribution in [0.25, 0.3) is 0 Å². The molecule has 0 unspecified atom stereocenters. The second-order valence-electron chi connectivity index (χ2n) is 4.86. The number of nitro benzene ring substituents is 1. The van der Waals surface area contributed by atoms with Crippen molar-refractivity contribution in [1.82, 2.24) is 5.32 Å². The Bertz CT molecular complexity index is 692. The largest absolute Gasteiger partial charge is 0.379 e. The molecule has 0 fully saturated rings. The SMILES string of the molecule is O=C(CCNc1cc(F)ccc1[N+](=O)[O-])NCc1ccccc1. The molecule has 2 N–H and O–H groups in total. The fourth-order valence-corrected chi connectivity index (χ4v) is 2.00. The first kappa shape index (κ1) is 16.4. The van der Waals surface area contributed by atoms with Crippen molar-refractivity contribution in [2.24, 2.45) is 0 Å². The van der Waals surface area contributed by atoms with Gasteiger partial charge in [0.05, 0.1) is 4.92 Å². The van der Waals surface area contributed by atoms with Gasteiger partial charge in [-0.3, -0.25) is 14.9 Å². The molecule has 120 valence electrons. The topological polar surface area (TPSA) is 84.3 Å². The van der Waals surface area contributed by atoms with Gasteiger partial charge < -0.3 is 10.6 Å². The van der Waals surface area contributed by atoms with E-state index in [4.69, 9.17) is 0 Å². The van der Waals surface area contributed by atoms with Crippen LogP contribution < -0.4 is 10.6 Å². The summed E-state index contributed by atoms with van der Waals surface area (Å²) in [6, 6.07) is 12.6. The number of carbonyl (C=O) groups is 1. The number of benzene rings is 2. The smallest absolute Gasteiger partial charge is 0.292 e. The first-order chi connectivity index (χ1) is 11.1. The van der Waals surface area contributed by atoms with E-state index in [1.807, 2.05) is 30.3 Å². The molecular weight excluding hydrogens is 301 g/mol. The van der Waals surface area contributed by atoms with E-state index in [-0.39, 0.29) is 30.2 Å². The lowest BCUT2D eigenvalue weighted by atomic mass is 10.2. The maximum absolute atomic E-state index is 13.2. The standard InChI is InChI=1S/C16H16FN3O3/c17-13-6-7-15(20(22)23)14(10-13)18-9-8-16(21)19-11-12-4-2-1-3-5-12/h1-7,10,18H,8-9,11H2,(H,19,21). The van der Waals surface area contributed by atoms with Crippen molar-refractivity contribution in [3.05, 3.63) is 70.0 Å². The summed E-state index contributed by atoms with van der Waals surface area (Å²) in [5.74, 6) is -0.771. The molecule has 2 aromatic rings. The van der Waals surface area contributed by atoms with E-state index in [9.17, 15) is 19.3 Å². The molecule has 2 rings (SSSR count). The Labute approximate surface area is 132 Å². The lowest BCUT2D eigenvalue weighted by Gasteiger charge is -2.08. The molecule has 0 spiro atoms. The molecule has 7 heteroatoms. The van der Waals surface area contributed by atoms with Crippen molar-refractivity contribution in [1.29, 1.82) is 0 Å². The fourth-order valence-electron chi connectivity index (χ4n) is 2.00. The van der Waals surface area contributed by atoms with Crippen molar-refractivity contribution in [3.8, 4) is 0 Å². The molecule has 0 aromatic heterocycles. The molecule has 0 saturated heterocycles. The molecule has 23 heavy (non-hydrogen) atoms. The third kappa shape index (κ3) is 5.06. The second kappa shape index (κ2) is 7.88. The zero-order valence-electron chi connectivity index (χ0n) is 12.3. The van der Waals surface area contributed by atoms with E-state index in [0.717, 1.165) is 23.8 Å². The maximum Gasteiger partial charge on any atom is 0.292 e. The van der Waals surface area contributed by atoms with E-state index < -0.39 is 10.7 Å². The molecule has 0 aliphatic carbocycles. The van der Waals surface area contributed by atoms with Crippen LogP contribution in [0.3, 0.4) is 0 Å². The summed E-state index contributed by atoms with van der Waals surface area (Å²) in [6.07, 6.45) is 0.125. The number of nitro groups is 1. The van der Waals surface area contributed by atoms with Crippen LogP contribution in [-0.2, 0) is 11.3 Å². The van der Waals surface area contributed by atoms with Crippen molar-refractivity contribution in [2.45, 2.75) is 13.0 Å². The first-order valence-electron chi connectivity index (χ1n) is 7.04. The Balaban J connectivity index is 1.82. The van der Waals surface area contributed by atoms with Crippen molar-refractivity contribution in [3.63, 3.8) is 0 Å². The Kier molecular flexibility index (Phi) is 5.62. The quantitative estimate of drug-likeness (QED) is 0.607. The molecule has 0 heterocycles. The van der Waals surface area contributed by atoms with Gasteiger partial charge >= 0.3 is 0 Å². The zero-order valence-corrected chi connectivity index (χ0v) is 12.3. The van der Waals surface area contributed by atoms with Gasteiger partial charge in [-0.1, -0.05) is 30.3 Å². The average molecular weight is 317 g/mol. The van der Waals surface area contributed by atoms with Crippen LogP contribution >= 0.6 is 0 Å². The molecular formula is C16H16FN3O3. The van der Waals surface area contributed by atoms with Crippen LogP contribution in [0.4, 0.5) is 15.8 Å². The Morgan fingerprint density at radius 1 is 1.17 bits per heavy atom. The minimum atomic E-state index is -0.600. The average Bonchev–Trinajstić information content (AvgIpc) is 2.54. The minimum absolute atomic E-state index is 0.0610. The van der Waals surface area contributed by atoms with Gasteiger partial charge in [0.2, 0.25) is 5.91 Å². The van der Waals surface area contributed by atoms with E-state index in [1.165, 1.54) is 0 Å². The number of halogens is 1. The predicted octanol–water partition coefficient (Wildman–Crippen LogP) is 2.85. The molecule has 0 aliphatic rings. The third-order valence-corrected chi connectivity index (χ3v) is 3.16. The van der Waals surface area contributed by atoms with Crippen LogP contribution in [0, 0.1) is 15.9 Å². The number of nitrogens with one attached hydrogen (secondary N) is 2. The van der Waals surface area contributed by atoms with Crippen LogP contribution in [0.1, 0.15) is 12.0 Å². The molecule has 0 aliphatic heterocycles. The van der Waals surface area contributed by atoms with Crippen LogP contribution in [0.5, 0.6) is 0 Å². The lowest BCUT2D eigenvalue weighted by Crippen LogP contribution is -2.24. The molecule has 1 amide bonds. The summed E-state index contributed by atoms with van der Waals surface area (Å²) < 4.78 is 13.2. The van der Waals surface area contributed by atoms with Gasteiger partial charge in [-0.15, -0.1) is 0 Å². The van der Waals surface area contributed by atoms with Crippen LogP contribution in [-0.4, -0.2) is 17.4 Å². The predicted molar refractivity (Wildman–Crippen MR) is 84.4 cm³/mol. The van der Waals surface area contributed by atoms with Crippen molar-refractivity contribution in [2.75, 3.05) is 11.9 Å². The number of hydrogen-bond acceptors (Lipinski definition) is 4. The molecule has 0 saturated carbocycles. The number of rotatable bonds is 7. The van der Waals surface area contributed by atoms with Crippen LogP contribution in [0.2, 0.25) is 0 Å². The van der Waals surface area contributed by atoms with Crippen molar-refractivity contribution >= 4 is 17.3 Å². The maximum atomic E-state index is 13.2. The highest BCUT2D eigenvalue weighted by molar-refractivity contribution is 5.76. The highest BCUT2D eigenvalue weighted by Gasteiger charge is 2.14. The molecule has 0 bridgehead atoms. The van der Waals surface area contributed by atoms with Gasteiger partial charge in [-0.05, 0) is 11.6 Å². The highest BCUT2D eigenvalue weighted by Crippen LogP contribution is 2.24. The molecule has 0 atom stereocenters. The first-order valence-corrected chi connectivity index (χ1v) is 7.04. The van der Waals surface area contributed by atoms with E-state index in [0.29, 0.717) is 6.54 Å². The third-order valence-electron chi connectivity index (χ3n) is 3.16. The van der Waals surface area contributed by atoms with Gasteiger partial charge in [-0.2, -0.15) is 0 Å². The summed E-state index contributed by atoms with van der Waals surface area (Å²) in [7, 11) is 0. The van der Waals surface area contributed by atoms with Gasteiger partial charge in [-0.25, -0.2) is 4.39 Å².